The molecule has 0 aliphatic carbocycles. The van der Waals surface area contributed by atoms with Gasteiger partial charge in [-0.1, -0.05) is 17.8 Å². The SMILES string of the molecule is Cc1ccc([N+](=O)[O-])cc1NC(=O)CSc1nnnn1-c1ccc(O)cc1. The van der Waals surface area contributed by atoms with Crippen LogP contribution in [0, 0.1) is 17.0 Å². The van der Waals surface area contributed by atoms with Crippen molar-refractivity contribution in [2.45, 2.75) is 12.1 Å². The highest BCUT2D eigenvalue weighted by Crippen LogP contribution is 2.23. The van der Waals surface area contributed by atoms with Gasteiger partial charge in [-0.25, -0.2) is 0 Å². The number of anilines is 1. The molecule has 0 saturated carbocycles. The summed E-state index contributed by atoms with van der Waals surface area (Å²) in [6, 6.07) is 10.6. The summed E-state index contributed by atoms with van der Waals surface area (Å²) in [5, 5.41) is 34.6. The van der Waals surface area contributed by atoms with Crippen molar-refractivity contribution in [1.82, 2.24) is 20.2 Å². The van der Waals surface area contributed by atoms with Crippen molar-refractivity contribution >= 4 is 29.0 Å². The lowest BCUT2D eigenvalue weighted by atomic mass is 10.2. The Balaban J connectivity index is 1.67. The lowest BCUT2D eigenvalue weighted by Crippen LogP contribution is -2.15. The summed E-state index contributed by atoms with van der Waals surface area (Å²) >= 11 is 1.11. The maximum Gasteiger partial charge on any atom is 0.271 e. The highest BCUT2D eigenvalue weighted by Gasteiger charge is 2.14. The van der Waals surface area contributed by atoms with Crippen molar-refractivity contribution in [2.24, 2.45) is 0 Å². The van der Waals surface area contributed by atoms with E-state index in [0.717, 1.165) is 11.8 Å². The molecule has 2 aromatic carbocycles. The van der Waals surface area contributed by atoms with E-state index in [9.17, 15) is 20.0 Å². The number of carbonyl (C=O) groups excluding carboxylic acids is 1. The molecule has 1 aromatic heterocycles. The maximum atomic E-state index is 12.2. The fourth-order valence-electron chi connectivity index (χ4n) is 2.20. The second-order valence-corrected chi connectivity index (χ2v) is 6.43. The van der Waals surface area contributed by atoms with E-state index in [4.69, 9.17) is 0 Å². The van der Waals surface area contributed by atoms with Gasteiger partial charge in [0.05, 0.1) is 22.1 Å². The Morgan fingerprint density at radius 2 is 2.04 bits per heavy atom. The van der Waals surface area contributed by atoms with E-state index < -0.39 is 4.92 Å². The molecule has 1 amide bonds. The van der Waals surface area contributed by atoms with Crippen LogP contribution in [-0.4, -0.2) is 41.9 Å². The number of carbonyl (C=O) groups is 1. The molecule has 0 aliphatic heterocycles. The smallest absolute Gasteiger partial charge is 0.271 e. The molecule has 138 valence electrons. The Bertz CT molecular complexity index is 989. The van der Waals surface area contributed by atoms with Crippen molar-refractivity contribution in [3.63, 3.8) is 0 Å². The number of nitro benzene ring substituents is 1. The van der Waals surface area contributed by atoms with Crippen molar-refractivity contribution in [3.05, 3.63) is 58.1 Å². The minimum atomic E-state index is -0.518. The number of nitro groups is 1. The summed E-state index contributed by atoms with van der Waals surface area (Å²) in [5.41, 5.74) is 1.64. The molecule has 0 unspecified atom stereocenters. The minimum absolute atomic E-state index is 0.0145. The van der Waals surface area contributed by atoms with Crippen LogP contribution in [0.4, 0.5) is 11.4 Å². The van der Waals surface area contributed by atoms with E-state index in [1.54, 1.807) is 25.1 Å². The number of nitrogens with one attached hydrogen (secondary N) is 1. The van der Waals surface area contributed by atoms with E-state index in [-0.39, 0.29) is 23.1 Å². The predicted molar refractivity (Wildman–Crippen MR) is 98.0 cm³/mol. The average Bonchev–Trinajstić information content (AvgIpc) is 3.11. The molecule has 1 heterocycles. The van der Waals surface area contributed by atoms with Crippen LogP contribution in [-0.2, 0) is 4.79 Å². The number of benzene rings is 2. The summed E-state index contributed by atoms with van der Waals surface area (Å²) in [6.07, 6.45) is 0. The van der Waals surface area contributed by atoms with Gasteiger partial charge in [0.15, 0.2) is 0 Å². The molecule has 3 aromatic rings. The highest BCUT2D eigenvalue weighted by atomic mass is 32.2. The molecule has 10 nitrogen and oxygen atoms in total. The lowest BCUT2D eigenvalue weighted by Gasteiger charge is -2.08. The van der Waals surface area contributed by atoms with Crippen LogP contribution in [0.1, 0.15) is 5.56 Å². The monoisotopic (exact) mass is 386 g/mol. The van der Waals surface area contributed by atoms with Crippen molar-refractivity contribution in [3.8, 4) is 11.4 Å². The molecule has 0 radical (unpaired) electrons. The second-order valence-electron chi connectivity index (χ2n) is 5.48. The van der Waals surface area contributed by atoms with Crippen molar-refractivity contribution < 1.29 is 14.8 Å². The Labute approximate surface area is 157 Å². The third kappa shape index (κ3) is 4.39. The van der Waals surface area contributed by atoms with Gasteiger partial charge in [0.2, 0.25) is 11.1 Å². The van der Waals surface area contributed by atoms with Gasteiger partial charge in [-0.3, -0.25) is 14.9 Å². The first-order valence-corrected chi connectivity index (χ1v) is 8.68. The Hall–Kier alpha value is -3.47. The number of amides is 1. The number of phenols is 1. The van der Waals surface area contributed by atoms with E-state index in [2.05, 4.69) is 20.8 Å². The third-order valence-electron chi connectivity index (χ3n) is 3.57. The number of aromatic hydroxyl groups is 1. The number of aromatic nitrogens is 4. The number of tetrazole rings is 1. The van der Waals surface area contributed by atoms with Gasteiger partial charge >= 0.3 is 0 Å². The first-order valence-electron chi connectivity index (χ1n) is 7.69. The number of rotatable bonds is 6. The van der Waals surface area contributed by atoms with Crippen molar-refractivity contribution in [2.75, 3.05) is 11.1 Å². The van der Waals surface area contributed by atoms with Gasteiger partial charge in [-0.05, 0) is 47.2 Å². The van der Waals surface area contributed by atoms with Crippen LogP contribution in [0.5, 0.6) is 5.75 Å². The predicted octanol–water partition coefficient (Wildman–Crippen LogP) is 2.32. The molecule has 0 saturated heterocycles. The van der Waals surface area contributed by atoms with Gasteiger partial charge < -0.3 is 10.4 Å². The van der Waals surface area contributed by atoms with E-state index >= 15 is 0 Å². The first kappa shape index (κ1) is 18.3. The van der Waals surface area contributed by atoms with Crippen LogP contribution in [0.25, 0.3) is 5.69 Å². The van der Waals surface area contributed by atoms with E-state index in [1.807, 2.05) is 0 Å². The van der Waals surface area contributed by atoms with Gasteiger partial charge in [-0.2, -0.15) is 4.68 Å². The van der Waals surface area contributed by atoms with E-state index in [1.165, 1.54) is 28.9 Å². The maximum absolute atomic E-state index is 12.2. The normalized spacial score (nSPS) is 10.6. The van der Waals surface area contributed by atoms with Gasteiger partial charge in [-0.15, -0.1) is 5.10 Å². The fourth-order valence-corrected chi connectivity index (χ4v) is 2.89. The summed E-state index contributed by atoms with van der Waals surface area (Å²) in [7, 11) is 0. The number of hydrogen-bond acceptors (Lipinski definition) is 8. The van der Waals surface area contributed by atoms with Crippen LogP contribution < -0.4 is 5.32 Å². The van der Waals surface area contributed by atoms with Crippen LogP contribution in [0.15, 0.2) is 47.6 Å². The standard InChI is InChI=1S/C16H14N6O4S/c1-10-2-3-12(22(25)26)8-14(10)17-15(24)9-27-16-18-19-20-21(16)11-4-6-13(23)7-5-11/h2-8,23H,9H2,1H3,(H,17,24). The average molecular weight is 386 g/mol. The molecule has 0 aliphatic rings. The Kier molecular flexibility index (Phi) is 5.31. The third-order valence-corrected chi connectivity index (χ3v) is 4.49. The van der Waals surface area contributed by atoms with E-state index in [0.29, 0.717) is 22.1 Å². The molecule has 11 heteroatoms. The molecule has 3 rings (SSSR count). The number of phenolic OH excluding ortho intramolecular Hbond substituents is 1. The summed E-state index contributed by atoms with van der Waals surface area (Å²) in [5.74, 6) is -0.211. The highest BCUT2D eigenvalue weighted by molar-refractivity contribution is 7.99. The summed E-state index contributed by atoms with van der Waals surface area (Å²) in [4.78, 5) is 22.6. The molecule has 0 fully saturated rings. The second kappa shape index (κ2) is 7.83. The zero-order valence-corrected chi connectivity index (χ0v) is 14.9. The summed E-state index contributed by atoms with van der Waals surface area (Å²) < 4.78 is 1.44. The lowest BCUT2D eigenvalue weighted by molar-refractivity contribution is -0.384. The van der Waals surface area contributed by atoms with Gasteiger partial charge in [0.25, 0.3) is 5.69 Å². The summed E-state index contributed by atoms with van der Waals surface area (Å²) in [6.45, 7) is 1.75. The number of non-ortho nitro benzene ring substituents is 1. The zero-order chi connectivity index (χ0) is 19.4. The quantitative estimate of drug-likeness (QED) is 0.374. The zero-order valence-electron chi connectivity index (χ0n) is 14.1. The van der Waals surface area contributed by atoms with Crippen LogP contribution in [0.2, 0.25) is 0 Å². The number of hydrogen-bond donors (Lipinski definition) is 2. The van der Waals surface area contributed by atoms with Gasteiger partial charge in [0.1, 0.15) is 5.75 Å². The molecule has 2 N–H and O–H groups in total. The first-order chi connectivity index (χ1) is 12.9. The molecular weight excluding hydrogens is 372 g/mol. The minimum Gasteiger partial charge on any atom is -0.508 e. The van der Waals surface area contributed by atoms with Crippen LogP contribution >= 0.6 is 11.8 Å². The Morgan fingerprint density at radius 3 is 2.74 bits per heavy atom. The van der Waals surface area contributed by atoms with Crippen LogP contribution in [0.3, 0.4) is 0 Å². The molecule has 0 spiro atoms. The van der Waals surface area contributed by atoms with Crippen molar-refractivity contribution in [1.29, 1.82) is 0 Å². The molecule has 27 heavy (non-hydrogen) atoms. The Morgan fingerprint density at radius 1 is 1.30 bits per heavy atom. The number of nitrogens with zero attached hydrogens (tertiary/aromatic N) is 5. The largest absolute Gasteiger partial charge is 0.508 e. The molecule has 0 bridgehead atoms. The molecular formula is C16H14N6O4S. The molecule has 0 atom stereocenters. The number of aryl methyl sites for hydroxylation is 1. The topological polar surface area (TPSA) is 136 Å². The number of thioether (sulfide) groups is 1. The fraction of sp³-hybridized carbons (Fsp3) is 0.125. The van der Waals surface area contributed by atoms with Gasteiger partial charge in [0, 0.05) is 12.1 Å².